The van der Waals surface area contributed by atoms with Crippen LogP contribution in [0.2, 0.25) is 5.02 Å². The van der Waals surface area contributed by atoms with Gasteiger partial charge in [0.2, 0.25) is 0 Å². The van der Waals surface area contributed by atoms with Gasteiger partial charge < -0.3 is 5.11 Å². The van der Waals surface area contributed by atoms with Crippen LogP contribution in [0.25, 0.3) is 0 Å². The van der Waals surface area contributed by atoms with Crippen molar-refractivity contribution in [3.8, 4) is 0 Å². The Morgan fingerprint density at radius 1 is 1.43 bits per heavy atom. The van der Waals surface area contributed by atoms with Gasteiger partial charge >= 0.3 is 4.83 Å². The van der Waals surface area contributed by atoms with Gasteiger partial charge in [-0.05, 0) is 34.1 Å². The monoisotopic (exact) mass is 348 g/mol. The molecule has 0 aliphatic rings. The Balaban J connectivity index is 3.12. The summed E-state index contributed by atoms with van der Waals surface area (Å²) in [5.41, 5.74) is 0.0411. The van der Waals surface area contributed by atoms with Gasteiger partial charge in [-0.2, -0.15) is 8.78 Å². The van der Waals surface area contributed by atoms with Crippen molar-refractivity contribution in [3.63, 3.8) is 0 Å². The average molecular weight is 350 g/mol. The first kappa shape index (κ1) is 12.4. The van der Waals surface area contributed by atoms with Crippen LogP contribution in [0.4, 0.5) is 8.78 Å². The number of aliphatic hydroxyl groups is 1. The molecule has 0 aliphatic carbocycles. The number of hydrogen-bond donors (Lipinski definition) is 1. The normalized spacial score (nSPS) is 14.1. The number of aliphatic hydroxyl groups excluding tert-OH is 1. The van der Waals surface area contributed by atoms with E-state index in [0.717, 1.165) is 0 Å². The molecule has 1 nitrogen and oxygen atoms in total. The molecular formula is C8H5Br2ClF2O. The number of halogens is 5. The Labute approximate surface area is 101 Å². The highest BCUT2D eigenvalue weighted by atomic mass is 79.9. The Hall–Kier alpha value is 0.290. The quantitative estimate of drug-likeness (QED) is 0.796. The van der Waals surface area contributed by atoms with E-state index in [1.807, 2.05) is 0 Å². The van der Waals surface area contributed by atoms with E-state index in [9.17, 15) is 13.9 Å². The molecule has 0 aromatic heterocycles. The highest BCUT2D eigenvalue weighted by Crippen LogP contribution is 2.40. The van der Waals surface area contributed by atoms with Gasteiger partial charge in [0, 0.05) is 15.1 Å². The van der Waals surface area contributed by atoms with E-state index in [-0.39, 0.29) is 5.56 Å². The predicted molar refractivity (Wildman–Crippen MR) is 58.0 cm³/mol. The van der Waals surface area contributed by atoms with E-state index in [1.54, 1.807) is 0 Å². The van der Waals surface area contributed by atoms with E-state index in [0.29, 0.717) is 9.50 Å². The molecular weight excluding hydrogens is 345 g/mol. The SMILES string of the molecule is OC(c1cc(Cl)ccc1Br)C(F)(F)Br. The molecule has 1 atom stereocenters. The molecule has 0 bridgehead atoms. The van der Waals surface area contributed by atoms with E-state index in [4.69, 9.17) is 11.6 Å². The summed E-state index contributed by atoms with van der Waals surface area (Å²) in [6.07, 6.45) is -1.93. The Morgan fingerprint density at radius 3 is 2.50 bits per heavy atom. The van der Waals surface area contributed by atoms with Gasteiger partial charge in [-0.1, -0.05) is 27.5 Å². The van der Waals surface area contributed by atoms with Crippen LogP contribution in [-0.4, -0.2) is 9.94 Å². The first-order valence-electron chi connectivity index (χ1n) is 3.52. The lowest BCUT2D eigenvalue weighted by atomic mass is 10.1. The third-order valence-corrected chi connectivity index (χ3v) is 2.95. The van der Waals surface area contributed by atoms with Crippen molar-refractivity contribution in [2.75, 3.05) is 0 Å². The largest absolute Gasteiger partial charge is 0.381 e. The molecule has 1 unspecified atom stereocenters. The molecule has 0 saturated carbocycles. The maximum atomic E-state index is 12.7. The smallest absolute Gasteiger partial charge is 0.330 e. The van der Waals surface area contributed by atoms with E-state index in [1.165, 1.54) is 18.2 Å². The molecule has 1 aromatic carbocycles. The fourth-order valence-corrected chi connectivity index (χ4v) is 1.79. The second kappa shape index (κ2) is 4.43. The number of rotatable bonds is 2. The maximum absolute atomic E-state index is 12.7. The van der Waals surface area contributed by atoms with Crippen molar-refractivity contribution in [2.24, 2.45) is 0 Å². The molecule has 1 N–H and O–H groups in total. The fraction of sp³-hybridized carbons (Fsp3) is 0.250. The Kier molecular flexibility index (Phi) is 3.91. The van der Waals surface area contributed by atoms with Gasteiger partial charge in [0.05, 0.1) is 0 Å². The topological polar surface area (TPSA) is 20.2 Å². The summed E-state index contributed by atoms with van der Waals surface area (Å²) in [5.74, 6) is 0. The Bertz CT molecular complexity index is 341. The minimum absolute atomic E-state index is 0.0411. The lowest BCUT2D eigenvalue weighted by molar-refractivity contribution is -0.0298. The van der Waals surface area contributed by atoms with E-state index >= 15 is 0 Å². The van der Waals surface area contributed by atoms with Crippen LogP contribution in [0.5, 0.6) is 0 Å². The zero-order valence-corrected chi connectivity index (χ0v) is 10.6. The molecule has 14 heavy (non-hydrogen) atoms. The lowest BCUT2D eigenvalue weighted by Crippen LogP contribution is -2.18. The molecule has 0 spiro atoms. The summed E-state index contributed by atoms with van der Waals surface area (Å²) in [6, 6.07) is 4.32. The molecule has 0 radical (unpaired) electrons. The standard InChI is InChI=1S/C8H5Br2ClF2O/c9-6-2-1-4(11)3-5(6)7(14)8(10,12)13/h1-3,7,14H. The van der Waals surface area contributed by atoms with Crippen LogP contribution in [0.3, 0.4) is 0 Å². The average Bonchev–Trinajstić information content (AvgIpc) is 2.06. The molecule has 1 rings (SSSR count). The second-order valence-electron chi connectivity index (χ2n) is 2.61. The molecule has 6 heteroatoms. The minimum Gasteiger partial charge on any atom is -0.381 e. The van der Waals surface area contributed by atoms with Crippen molar-refractivity contribution in [1.82, 2.24) is 0 Å². The summed E-state index contributed by atoms with van der Waals surface area (Å²) in [7, 11) is 0. The number of alkyl halides is 3. The molecule has 0 saturated heterocycles. The van der Waals surface area contributed by atoms with Crippen molar-refractivity contribution >= 4 is 43.5 Å². The van der Waals surface area contributed by atoms with Crippen molar-refractivity contribution in [3.05, 3.63) is 33.3 Å². The molecule has 1 aromatic rings. The molecule has 0 heterocycles. The summed E-state index contributed by atoms with van der Waals surface area (Å²) in [4.78, 5) is -3.37. The molecule has 0 fully saturated rings. The minimum atomic E-state index is -3.37. The van der Waals surface area contributed by atoms with Gasteiger partial charge in [-0.15, -0.1) is 0 Å². The summed E-state index contributed by atoms with van der Waals surface area (Å²) >= 11 is 10.8. The first-order valence-corrected chi connectivity index (χ1v) is 5.48. The number of benzene rings is 1. The highest BCUT2D eigenvalue weighted by molar-refractivity contribution is 9.10. The molecule has 78 valence electrons. The first-order chi connectivity index (χ1) is 6.32. The van der Waals surface area contributed by atoms with Crippen LogP contribution < -0.4 is 0 Å². The molecule has 0 amide bonds. The van der Waals surface area contributed by atoms with Gasteiger partial charge in [0.15, 0.2) is 6.10 Å². The van der Waals surface area contributed by atoms with Crippen molar-refractivity contribution in [2.45, 2.75) is 10.9 Å². The van der Waals surface area contributed by atoms with Crippen LogP contribution in [0, 0.1) is 0 Å². The van der Waals surface area contributed by atoms with Crippen LogP contribution in [0.15, 0.2) is 22.7 Å². The van der Waals surface area contributed by atoms with E-state index < -0.39 is 10.9 Å². The Morgan fingerprint density at radius 2 is 2.00 bits per heavy atom. The van der Waals surface area contributed by atoms with E-state index in [2.05, 4.69) is 31.9 Å². The maximum Gasteiger partial charge on any atom is 0.330 e. The third kappa shape index (κ3) is 2.89. The van der Waals surface area contributed by atoms with Crippen LogP contribution in [0.1, 0.15) is 11.7 Å². The summed E-state index contributed by atoms with van der Waals surface area (Å²) < 4.78 is 25.8. The zero-order chi connectivity index (χ0) is 10.9. The highest BCUT2D eigenvalue weighted by Gasteiger charge is 2.37. The third-order valence-electron chi connectivity index (χ3n) is 1.56. The zero-order valence-electron chi connectivity index (χ0n) is 6.65. The predicted octanol–water partition coefficient (Wildman–Crippen LogP) is 4.12. The van der Waals surface area contributed by atoms with Gasteiger partial charge in [-0.3, -0.25) is 0 Å². The lowest BCUT2D eigenvalue weighted by Gasteiger charge is -2.18. The van der Waals surface area contributed by atoms with Crippen molar-refractivity contribution < 1.29 is 13.9 Å². The van der Waals surface area contributed by atoms with Crippen LogP contribution in [-0.2, 0) is 0 Å². The van der Waals surface area contributed by atoms with Gasteiger partial charge in [0.25, 0.3) is 0 Å². The van der Waals surface area contributed by atoms with Gasteiger partial charge in [-0.25, -0.2) is 0 Å². The fourth-order valence-electron chi connectivity index (χ4n) is 0.900. The number of hydrogen-bond acceptors (Lipinski definition) is 1. The summed E-state index contributed by atoms with van der Waals surface area (Å²) in [5, 5.41) is 9.57. The van der Waals surface area contributed by atoms with Gasteiger partial charge in [0.1, 0.15) is 0 Å². The second-order valence-corrected chi connectivity index (χ2v) is 4.96. The van der Waals surface area contributed by atoms with Crippen LogP contribution >= 0.6 is 43.5 Å². The molecule has 0 aliphatic heterocycles. The summed E-state index contributed by atoms with van der Waals surface area (Å²) in [6.45, 7) is 0. The van der Waals surface area contributed by atoms with Crippen molar-refractivity contribution in [1.29, 1.82) is 0 Å².